The van der Waals surface area contributed by atoms with Crippen molar-refractivity contribution in [2.45, 2.75) is 45.9 Å². The SMILES string of the molecule is NC1CCC(C(=O)/C=C/c2ccc(C3C4OC3[I-]4)cc2)CC1. The van der Waals surface area contributed by atoms with Gasteiger partial charge in [0.25, 0.3) is 0 Å². The summed E-state index contributed by atoms with van der Waals surface area (Å²) in [6.07, 6.45) is 7.55. The van der Waals surface area contributed by atoms with Crippen LogP contribution in [-0.2, 0) is 9.53 Å². The Balaban J connectivity index is 1.35. The molecule has 22 heavy (non-hydrogen) atoms. The van der Waals surface area contributed by atoms with Gasteiger partial charge in [0, 0.05) is 6.04 Å². The summed E-state index contributed by atoms with van der Waals surface area (Å²) >= 11 is 0.335. The van der Waals surface area contributed by atoms with Crippen molar-refractivity contribution in [1.29, 1.82) is 0 Å². The quantitative estimate of drug-likeness (QED) is 0.420. The fourth-order valence-electron chi connectivity index (χ4n) is 3.38. The first-order valence-corrected chi connectivity index (χ1v) is 10.5. The molecule has 118 valence electrons. The molecule has 3 heterocycles. The number of ketones is 1. The van der Waals surface area contributed by atoms with E-state index in [4.69, 9.17) is 10.5 Å². The number of rotatable bonds is 4. The van der Waals surface area contributed by atoms with Crippen molar-refractivity contribution in [3.05, 3.63) is 41.5 Å². The normalized spacial score (nSPS) is 37.0. The second-order valence-electron chi connectivity index (χ2n) is 6.50. The van der Waals surface area contributed by atoms with Crippen LogP contribution in [0.4, 0.5) is 0 Å². The fraction of sp³-hybridized carbons (Fsp3) is 0.500. The molecule has 5 rings (SSSR count). The van der Waals surface area contributed by atoms with Gasteiger partial charge in [-0.2, -0.15) is 0 Å². The molecule has 3 nitrogen and oxygen atoms in total. The second-order valence-corrected chi connectivity index (χ2v) is 9.68. The summed E-state index contributed by atoms with van der Waals surface area (Å²) in [5.74, 6) is 1.10. The Morgan fingerprint density at radius 3 is 2.32 bits per heavy atom. The van der Waals surface area contributed by atoms with Crippen LogP contribution in [0.5, 0.6) is 0 Å². The molecular weight excluding hydrogens is 389 g/mol. The standard InChI is InChI=1S/C18H21INO2/c20-14-8-6-12(7-9-14)15(21)10-3-11-1-4-13(5-2-11)16-17-19-18(16)22-17/h1-5,10,12,14,16-18H,6-9,20H2/q-1/b10-3+. The van der Waals surface area contributed by atoms with Crippen LogP contribution in [0.25, 0.3) is 6.08 Å². The average Bonchev–Trinajstić information content (AvgIpc) is 2.44. The van der Waals surface area contributed by atoms with Crippen LogP contribution >= 0.6 is 0 Å². The molecule has 4 aliphatic rings. The summed E-state index contributed by atoms with van der Waals surface area (Å²) in [5.41, 5.74) is 8.40. The Labute approximate surface area is 141 Å². The van der Waals surface area contributed by atoms with Crippen molar-refractivity contribution in [2.75, 3.05) is 0 Å². The summed E-state index contributed by atoms with van der Waals surface area (Å²) in [6.45, 7) is 0. The number of carbonyl (C=O) groups excluding carboxylic acids is 1. The molecule has 0 radical (unpaired) electrons. The van der Waals surface area contributed by atoms with Crippen molar-refractivity contribution in [1.82, 2.24) is 0 Å². The van der Waals surface area contributed by atoms with E-state index in [2.05, 4.69) is 24.3 Å². The molecule has 0 aromatic heterocycles. The molecule has 0 amide bonds. The van der Waals surface area contributed by atoms with Gasteiger partial charge in [0.05, 0.1) is 0 Å². The molecule has 1 aromatic carbocycles. The van der Waals surface area contributed by atoms with E-state index in [0.717, 1.165) is 31.2 Å². The number of benzene rings is 1. The zero-order valence-corrected chi connectivity index (χ0v) is 14.6. The van der Waals surface area contributed by atoms with Crippen LogP contribution < -0.4 is 26.9 Å². The van der Waals surface area contributed by atoms with Gasteiger partial charge in [-0.3, -0.25) is 0 Å². The molecule has 0 spiro atoms. The number of hydrogen-bond acceptors (Lipinski definition) is 3. The first-order chi connectivity index (χ1) is 10.7. The van der Waals surface area contributed by atoms with E-state index >= 15 is 0 Å². The van der Waals surface area contributed by atoms with Crippen LogP contribution in [0.2, 0.25) is 0 Å². The van der Waals surface area contributed by atoms with E-state index in [1.54, 1.807) is 6.08 Å². The number of alkyl halides is 2. The van der Waals surface area contributed by atoms with Crippen LogP contribution in [0.3, 0.4) is 0 Å². The van der Waals surface area contributed by atoms with Crippen LogP contribution in [0, 0.1) is 5.92 Å². The molecular formula is C18H21INO2-. The minimum absolute atomic E-state index is 0.179. The van der Waals surface area contributed by atoms with E-state index < -0.39 is 0 Å². The Morgan fingerprint density at radius 1 is 1.14 bits per heavy atom. The molecule has 2 N–H and O–H groups in total. The van der Waals surface area contributed by atoms with Crippen molar-refractivity contribution in [3.63, 3.8) is 0 Å². The number of carbonyl (C=O) groups is 1. The predicted molar refractivity (Wildman–Crippen MR) is 81.8 cm³/mol. The maximum absolute atomic E-state index is 12.2. The fourth-order valence-corrected chi connectivity index (χ4v) is 6.35. The molecule has 1 aromatic rings. The number of halogens is 1. The molecule has 1 saturated carbocycles. The molecule has 4 heteroatoms. The van der Waals surface area contributed by atoms with Crippen molar-refractivity contribution in [3.8, 4) is 0 Å². The summed E-state index contributed by atoms with van der Waals surface area (Å²) in [7, 11) is 0. The Morgan fingerprint density at radius 2 is 1.77 bits per heavy atom. The van der Waals surface area contributed by atoms with E-state index in [1.165, 1.54) is 5.56 Å². The molecule has 3 aliphatic heterocycles. The third kappa shape index (κ3) is 2.76. The van der Waals surface area contributed by atoms with Crippen LogP contribution in [0.15, 0.2) is 30.3 Å². The third-order valence-corrected chi connectivity index (χ3v) is 8.56. The molecule has 1 aliphatic carbocycles. The maximum atomic E-state index is 12.2. The van der Waals surface area contributed by atoms with E-state index in [0.29, 0.717) is 41.4 Å². The second kappa shape index (κ2) is 6.06. The Kier molecular flexibility index (Phi) is 4.09. The van der Waals surface area contributed by atoms with Crippen molar-refractivity contribution < 1.29 is 30.7 Å². The Hall–Kier alpha value is -0.720. The minimum atomic E-state index is 0.179. The van der Waals surface area contributed by atoms with E-state index in [1.807, 2.05) is 6.08 Å². The predicted octanol–water partition coefficient (Wildman–Crippen LogP) is -0.345. The first kappa shape index (κ1) is 14.8. The zero-order chi connectivity index (χ0) is 15.1. The van der Waals surface area contributed by atoms with Crippen LogP contribution in [0.1, 0.15) is 42.7 Å². The first-order valence-electron chi connectivity index (χ1n) is 8.05. The molecule has 2 atom stereocenters. The molecule has 2 bridgehead atoms. The van der Waals surface area contributed by atoms with Gasteiger partial charge in [-0.15, -0.1) is 0 Å². The summed E-state index contributed by atoms with van der Waals surface area (Å²) in [6, 6.07) is 8.92. The zero-order valence-electron chi connectivity index (χ0n) is 12.5. The van der Waals surface area contributed by atoms with Crippen molar-refractivity contribution >= 4 is 11.9 Å². The van der Waals surface area contributed by atoms with Gasteiger partial charge < -0.3 is 5.73 Å². The van der Waals surface area contributed by atoms with Gasteiger partial charge in [-0.1, -0.05) is 0 Å². The third-order valence-electron chi connectivity index (χ3n) is 5.01. The van der Waals surface area contributed by atoms with Gasteiger partial charge >= 0.3 is 130 Å². The van der Waals surface area contributed by atoms with Gasteiger partial charge in [0.15, 0.2) is 0 Å². The summed E-state index contributed by atoms with van der Waals surface area (Å²) < 4.78 is 6.71. The average molecular weight is 410 g/mol. The summed E-state index contributed by atoms with van der Waals surface area (Å²) in [4.78, 5) is 12.2. The van der Waals surface area contributed by atoms with Gasteiger partial charge in [0.2, 0.25) is 0 Å². The Bertz CT molecular complexity index is 576. The van der Waals surface area contributed by atoms with E-state index in [9.17, 15) is 4.79 Å². The molecule has 3 saturated heterocycles. The van der Waals surface area contributed by atoms with Gasteiger partial charge in [-0.25, -0.2) is 0 Å². The monoisotopic (exact) mass is 410 g/mol. The van der Waals surface area contributed by atoms with Crippen molar-refractivity contribution in [2.24, 2.45) is 11.7 Å². The molecule has 4 fully saturated rings. The summed E-state index contributed by atoms with van der Waals surface area (Å²) in [5, 5.41) is 0. The number of ether oxygens (including phenoxy) is 1. The van der Waals surface area contributed by atoms with Gasteiger partial charge in [0.1, 0.15) is 0 Å². The van der Waals surface area contributed by atoms with E-state index in [-0.39, 0.29) is 11.7 Å². The number of hydrogen-bond donors (Lipinski definition) is 1. The van der Waals surface area contributed by atoms with Crippen LogP contribution in [-0.4, -0.2) is 20.0 Å². The van der Waals surface area contributed by atoms with Gasteiger partial charge in [-0.05, 0) is 0 Å². The number of allylic oxidation sites excluding steroid dienone is 1. The topological polar surface area (TPSA) is 52.3 Å². The molecule has 2 unspecified atom stereocenters. The number of nitrogens with two attached hydrogens (primary N) is 1.